The first kappa shape index (κ1) is 12.2. The van der Waals surface area contributed by atoms with Crippen LogP contribution in [0.3, 0.4) is 0 Å². The Labute approximate surface area is 106 Å². The number of anilines is 2. The highest BCUT2D eigenvalue weighted by Gasteiger charge is 2.02. The van der Waals surface area contributed by atoms with Crippen LogP contribution in [0.15, 0.2) is 48.5 Å². The standard InChI is InChI=1S/C15H15NO2/c1-11(17)12-7-9-13(10-8-12)16-14-5-3-4-6-15(14)18-2/h3-10,16H,1-2H3. The zero-order valence-electron chi connectivity index (χ0n) is 10.4. The molecule has 0 aliphatic rings. The Morgan fingerprint density at radius 3 is 2.33 bits per heavy atom. The molecular formula is C15H15NO2. The molecule has 0 radical (unpaired) electrons. The number of para-hydroxylation sites is 2. The Balaban J connectivity index is 2.21. The zero-order valence-corrected chi connectivity index (χ0v) is 10.4. The van der Waals surface area contributed by atoms with Gasteiger partial charge in [0.25, 0.3) is 0 Å². The molecule has 2 aromatic rings. The van der Waals surface area contributed by atoms with E-state index in [9.17, 15) is 4.79 Å². The highest BCUT2D eigenvalue weighted by molar-refractivity contribution is 5.94. The van der Waals surface area contributed by atoms with Crippen LogP contribution in [0.2, 0.25) is 0 Å². The first-order valence-corrected chi connectivity index (χ1v) is 5.72. The van der Waals surface area contributed by atoms with Gasteiger partial charge in [-0.2, -0.15) is 0 Å². The molecular weight excluding hydrogens is 226 g/mol. The number of ketones is 1. The van der Waals surface area contributed by atoms with Crippen LogP contribution in [-0.4, -0.2) is 12.9 Å². The summed E-state index contributed by atoms with van der Waals surface area (Å²) < 4.78 is 5.26. The molecule has 0 unspecified atom stereocenters. The van der Waals surface area contributed by atoms with E-state index in [1.165, 1.54) is 0 Å². The lowest BCUT2D eigenvalue weighted by Crippen LogP contribution is -1.96. The van der Waals surface area contributed by atoms with Crippen LogP contribution < -0.4 is 10.1 Å². The second kappa shape index (κ2) is 5.36. The quantitative estimate of drug-likeness (QED) is 0.830. The highest BCUT2D eigenvalue weighted by Crippen LogP contribution is 2.26. The molecule has 0 atom stereocenters. The maximum Gasteiger partial charge on any atom is 0.159 e. The number of methoxy groups -OCH3 is 1. The lowest BCUT2D eigenvalue weighted by Gasteiger charge is -2.10. The van der Waals surface area contributed by atoms with E-state index in [0.717, 1.165) is 17.1 Å². The van der Waals surface area contributed by atoms with E-state index in [4.69, 9.17) is 4.74 Å². The molecule has 3 heteroatoms. The predicted molar refractivity (Wildman–Crippen MR) is 72.7 cm³/mol. The van der Waals surface area contributed by atoms with E-state index in [1.54, 1.807) is 26.2 Å². The second-order valence-corrected chi connectivity index (χ2v) is 3.96. The van der Waals surface area contributed by atoms with Gasteiger partial charge in [0, 0.05) is 11.3 Å². The van der Waals surface area contributed by atoms with Crippen LogP contribution in [0.5, 0.6) is 5.75 Å². The normalized spacial score (nSPS) is 9.89. The minimum atomic E-state index is 0.0684. The van der Waals surface area contributed by atoms with Gasteiger partial charge in [-0.3, -0.25) is 4.79 Å². The minimum absolute atomic E-state index is 0.0684. The first-order chi connectivity index (χ1) is 8.70. The van der Waals surface area contributed by atoms with Crippen molar-refractivity contribution in [2.45, 2.75) is 6.92 Å². The summed E-state index contributed by atoms with van der Waals surface area (Å²) in [6.07, 6.45) is 0. The highest BCUT2D eigenvalue weighted by atomic mass is 16.5. The number of carbonyl (C=O) groups is 1. The second-order valence-electron chi connectivity index (χ2n) is 3.96. The Morgan fingerprint density at radius 1 is 1.06 bits per heavy atom. The summed E-state index contributed by atoms with van der Waals surface area (Å²) in [5, 5.41) is 3.25. The van der Waals surface area contributed by atoms with Crippen molar-refractivity contribution in [2.24, 2.45) is 0 Å². The summed E-state index contributed by atoms with van der Waals surface area (Å²) in [4.78, 5) is 11.2. The fraction of sp³-hybridized carbons (Fsp3) is 0.133. The number of rotatable bonds is 4. The Morgan fingerprint density at radius 2 is 1.72 bits per heavy atom. The summed E-state index contributed by atoms with van der Waals surface area (Å²) in [6.45, 7) is 1.56. The Bertz CT molecular complexity index is 547. The van der Waals surface area contributed by atoms with E-state index >= 15 is 0 Å². The molecule has 0 aliphatic heterocycles. The van der Waals surface area contributed by atoms with Gasteiger partial charge in [-0.25, -0.2) is 0 Å². The average molecular weight is 241 g/mol. The molecule has 0 amide bonds. The molecule has 0 spiro atoms. The van der Waals surface area contributed by atoms with Gasteiger partial charge >= 0.3 is 0 Å². The molecule has 0 heterocycles. The molecule has 0 aliphatic carbocycles. The number of nitrogens with one attached hydrogen (secondary N) is 1. The maximum absolute atomic E-state index is 11.2. The molecule has 3 nitrogen and oxygen atoms in total. The summed E-state index contributed by atoms with van der Waals surface area (Å²) in [5.74, 6) is 0.854. The number of hydrogen-bond acceptors (Lipinski definition) is 3. The zero-order chi connectivity index (χ0) is 13.0. The van der Waals surface area contributed by atoms with Gasteiger partial charge < -0.3 is 10.1 Å². The van der Waals surface area contributed by atoms with Crippen molar-refractivity contribution in [1.82, 2.24) is 0 Å². The molecule has 92 valence electrons. The van der Waals surface area contributed by atoms with Crippen LogP contribution in [0.4, 0.5) is 11.4 Å². The van der Waals surface area contributed by atoms with Crippen molar-refractivity contribution in [3.63, 3.8) is 0 Å². The number of ether oxygens (including phenoxy) is 1. The SMILES string of the molecule is COc1ccccc1Nc1ccc(C(C)=O)cc1. The Kier molecular flexibility index (Phi) is 3.63. The number of carbonyl (C=O) groups excluding carboxylic acids is 1. The number of Topliss-reactive ketones (excluding diaryl/α,β-unsaturated/α-hetero) is 1. The van der Waals surface area contributed by atoms with E-state index in [0.29, 0.717) is 5.56 Å². The predicted octanol–water partition coefficient (Wildman–Crippen LogP) is 3.64. The third-order valence-electron chi connectivity index (χ3n) is 2.68. The first-order valence-electron chi connectivity index (χ1n) is 5.72. The van der Waals surface area contributed by atoms with Gasteiger partial charge in [-0.1, -0.05) is 12.1 Å². The molecule has 0 aromatic heterocycles. The van der Waals surface area contributed by atoms with Gasteiger partial charge in [0.1, 0.15) is 5.75 Å². The van der Waals surface area contributed by atoms with Crippen LogP contribution in [0.25, 0.3) is 0 Å². The van der Waals surface area contributed by atoms with Crippen LogP contribution >= 0.6 is 0 Å². The van der Waals surface area contributed by atoms with Crippen molar-refractivity contribution in [2.75, 3.05) is 12.4 Å². The monoisotopic (exact) mass is 241 g/mol. The van der Waals surface area contributed by atoms with Gasteiger partial charge in [0.05, 0.1) is 12.8 Å². The molecule has 0 fully saturated rings. The summed E-state index contributed by atoms with van der Waals surface area (Å²) >= 11 is 0. The lowest BCUT2D eigenvalue weighted by molar-refractivity contribution is 0.101. The molecule has 1 N–H and O–H groups in total. The van der Waals surface area contributed by atoms with Gasteiger partial charge in [0.2, 0.25) is 0 Å². The third-order valence-corrected chi connectivity index (χ3v) is 2.68. The average Bonchev–Trinajstić information content (AvgIpc) is 2.40. The van der Waals surface area contributed by atoms with Crippen molar-refractivity contribution >= 4 is 17.2 Å². The van der Waals surface area contributed by atoms with Gasteiger partial charge in [-0.05, 0) is 43.3 Å². The van der Waals surface area contributed by atoms with Crippen LogP contribution in [-0.2, 0) is 0 Å². The third kappa shape index (κ3) is 2.69. The van der Waals surface area contributed by atoms with Crippen LogP contribution in [0, 0.1) is 0 Å². The molecule has 2 rings (SSSR count). The summed E-state index contributed by atoms with van der Waals surface area (Å²) in [6, 6.07) is 15.1. The fourth-order valence-electron chi connectivity index (χ4n) is 1.69. The minimum Gasteiger partial charge on any atom is -0.495 e. The summed E-state index contributed by atoms with van der Waals surface area (Å²) in [7, 11) is 1.64. The lowest BCUT2D eigenvalue weighted by atomic mass is 10.1. The van der Waals surface area contributed by atoms with Crippen molar-refractivity contribution in [1.29, 1.82) is 0 Å². The van der Waals surface area contributed by atoms with Crippen LogP contribution in [0.1, 0.15) is 17.3 Å². The molecule has 0 bridgehead atoms. The maximum atomic E-state index is 11.2. The van der Waals surface area contributed by atoms with E-state index in [2.05, 4.69) is 5.32 Å². The van der Waals surface area contributed by atoms with Crippen molar-refractivity contribution in [3.05, 3.63) is 54.1 Å². The summed E-state index contributed by atoms with van der Waals surface area (Å²) in [5.41, 5.74) is 2.53. The molecule has 0 saturated carbocycles. The smallest absolute Gasteiger partial charge is 0.159 e. The van der Waals surface area contributed by atoms with Gasteiger partial charge in [0.15, 0.2) is 5.78 Å². The molecule has 0 saturated heterocycles. The van der Waals surface area contributed by atoms with E-state index in [1.807, 2.05) is 36.4 Å². The van der Waals surface area contributed by atoms with E-state index in [-0.39, 0.29) is 5.78 Å². The topological polar surface area (TPSA) is 38.3 Å². The number of benzene rings is 2. The fourth-order valence-corrected chi connectivity index (χ4v) is 1.69. The molecule has 2 aromatic carbocycles. The van der Waals surface area contributed by atoms with Crippen molar-refractivity contribution in [3.8, 4) is 5.75 Å². The molecule has 18 heavy (non-hydrogen) atoms. The number of hydrogen-bond donors (Lipinski definition) is 1. The largest absolute Gasteiger partial charge is 0.495 e. The Hall–Kier alpha value is -2.29. The van der Waals surface area contributed by atoms with Crippen molar-refractivity contribution < 1.29 is 9.53 Å². The van der Waals surface area contributed by atoms with Gasteiger partial charge in [-0.15, -0.1) is 0 Å². The van der Waals surface area contributed by atoms with E-state index < -0.39 is 0 Å².